The quantitative estimate of drug-likeness (QED) is 0.368. The molecule has 0 aliphatic heterocycles. The summed E-state index contributed by atoms with van der Waals surface area (Å²) in [7, 11) is 0. The highest BCUT2D eigenvalue weighted by Crippen LogP contribution is 2.38. The largest absolute Gasteiger partial charge is 0.490 e. The van der Waals surface area contributed by atoms with E-state index in [2.05, 4.69) is 37.4 Å². The van der Waals surface area contributed by atoms with Crippen LogP contribution in [0.1, 0.15) is 29.2 Å². The molecule has 0 unspecified atom stereocenters. The van der Waals surface area contributed by atoms with Gasteiger partial charge in [-0.2, -0.15) is 0 Å². The molecule has 0 fully saturated rings. The van der Waals surface area contributed by atoms with Crippen LogP contribution < -0.4 is 14.8 Å². The first-order valence-electron chi connectivity index (χ1n) is 9.70. The lowest BCUT2D eigenvalue weighted by atomic mass is 10.1. The van der Waals surface area contributed by atoms with Crippen molar-refractivity contribution in [3.8, 4) is 11.5 Å². The van der Waals surface area contributed by atoms with E-state index in [-0.39, 0.29) is 6.61 Å². The van der Waals surface area contributed by atoms with Gasteiger partial charge in [0.25, 0.3) is 0 Å². The number of hydrogen-bond donors (Lipinski definition) is 1. The minimum atomic E-state index is 0.260. The van der Waals surface area contributed by atoms with E-state index >= 15 is 0 Å². The molecule has 0 aromatic heterocycles. The number of nitrogens with one attached hydrogen (secondary N) is 1. The third-order valence-corrected chi connectivity index (χ3v) is 5.49. The molecule has 0 amide bonds. The Kier molecular flexibility index (Phi) is 7.76. The van der Waals surface area contributed by atoms with Crippen molar-refractivity contribution in [1.82, 2.24) is 0 Å². The SMILES string of the molecule is CCOc1cc(CNc2ccc(C)cc2C)cc(Cl)c1OCc1ccc(Cl)cc1Cl. The zero-order valence-corrected chi connectivity index (χ0v) is 19.5. The Morgan fingerprint density at radius 3 is 2.37 bits per heavy atom. The summed E-state index contributed by atoms with van der Waals surface area (Å²) in [5.41, 5.74) is 5.35. The monoisotopic (exact) mass is 463 g/mol. The predicted molar refractivity (Wildman–Crippen MR) is 127 cm³/mol. The van der Waals surface area contributed by atoms with Crippen LogP contribution in [-0.4, -0.2) is 6.61 Å². The van der Waals surface area contributed by atoms with Crippen LogP contribution in [0.5, 0.6) is 11.5 Å². The minimum absolute atomic E-state index is 0.260. The van der Waals surface area contributed by atoms with Crippen molar-refractivity contribution < 1.29 is 9.47 Å². The van der Waals surface area contributed by atoms with Crippen molar-refractivity contribution in [2.75, 3.05) is 11.9 Å². The van der Waals surface area contributed by atoms with E-state index in [1.807, 2.05) is 25.1 Å². The third kappa shape index (κ3) is 5.75. The molecule has 6 heteroatoms. The summed E-state index contributed by atoms with van der Waals surface area (Å²) in [4.78, 5) is 0. The number of hydrogen-bond acceptors (Lipinski definition) is 3. The molecule has 0 spiro atoms. The zero-order chi connectivity index (χ0) is 21.7. The molecule has 3 aromatic rings. The number of rotatable bonds is 8. The summed E-state index contributed by atoms with van der Waals surface area (Å²) >= 11 is 18.8. The van der Waals surface area contributed by atoms with Gasteiger partial charge in [-0.05, 0) is 62.2 Å². The van der Waals surface area contributed by atoms with Gasteiger partial charge in [0.05, 0.1) is 11.6 Å². The Balaban J connectivity index is 1.77. The van der Waals surface area contributed by atoms with Crippen LogP contribution in [0, 0.1) is 13.8 Å². The summed E-state index contributed by atoms with van der Waals surface area (Å²) in [6.07, 6.45) is 0. The second-order valence-corrected chi connectivity index (χ2v) is 8.29. The highest BCUT2D eigenvalue weighted by Gasteiger charge is 2.14. The van der Waals surface area contributed by atoms with Gasteiger partial charge in [0.2, 0.25) is 0 Å². The maximum atomic E-state index is 6.55. The van der Waals surface area contributed by atoms with Gasteiger partial charge in [-0.15, -0.1) is 0 Å². The highest BCUT2D eigenvalue weighted by molar-refractivity contribution is 6.35. The molecular weight excluding hydrogens is 441 g/mol. The first-order valence-corrected chi connectivity index (χ1v) is 10.8. The minimum Gasteiger partial charge on any atom is -0.490 e. The van der Waals surface area contributed by atoms with Gasteiger partial charge in [-0.1, -0.05) is 58.6 Å². The fourth-order valence-electron chi connectivity index (χ4n) is 3.12. The summed E-state index contributed by atoms with van der Waals surface area (Å²) < 4.78 is 11.8. The molecule has 0 radical (unpaired) electrons. The summed E-state index contributed by atoms with van der Waals surface area (Å²) in [5.74, 6) is 1.10. The molecule has 0 aliphatic carbocycles. The fraction of sp³-hybridized carbons (Fsp3) is 0.250. The van der Waals surface area contributed by atoms with Gasteiger partial charge in [0.1, 0.15) is 6.61 Å². The van der Waals surface area contributed by atoms with Crippen LogP contribution in [-0.2, 0) is 13.2 Å². The van der Waals surface area contributed by atoms with Crippen LogP contribution in [0.4, 0.5) is 5.69 Å². The molecule has 3 aromatic carbocycles. The number of benzene rings is 3. The number of halogens is 3. The average molecular weight is 465 g/mol. The normalized spacial score (nSPS) is 10.7. The molecule has 3 rings (SSSR count). The summed E-state index contributed by atoms with van der Waals surface area (Å²) in [6, 6.07) is 15.5. The first-order chi connectivity index (χ1) is 14.4. The molecule has 3 nitrogen and oxygen atoms in total. The topological polar surface area (TPSA) is 30.5 Å². The number of aryl methyl sites for hydroxylation is 2. The van der Waals surface area contributed by atoms with Gasteiger partial charge < -0.3 is 14.8 Å². The van der Waals surface area contributed by atoms with Crippen molar-refractivity contribution in [1.29, 1.82) is 0 Å². The van der Waals surface area contributed by atoms with Crippen molar-refractivity contribution >= 4 is 40.5 Å². The molecule has 158 valence electrons. The van der Waals surface area contributed by atoms with Crippen molar-refractivity contribution in [3.05, 3.63) is 85.9 Å². The van der Waals surface area contributed by atoms with Gasteiger partial charge >= 0.3 is 0 Å². The smallest absolute Gasteiger partial charge is 0.180 e. The van der Waals surface area contributed by atoms with E-state index < -0.39 is 0 Å². The van der Waals surface area contributed by atoms with Crippen molar-refractivity contribution in [2.45, 2.75) is 33.9 Å². The lowest BCUT2D eigenvalue weighted by Crippen LogP contribution is -2.05. The van der Waals surface area contributed by atoms with Crippen LogP contribution in [0.25, 0.3) is 0 Å². The molecule has 0 saturated heterocycles. The van der Waals surface area contributed by atoms with E-state index in [0.717, 1.165) is 16.8 Å². The lowest BCUT2D eigenvalue weighted by Gasteiger charge is -2.17. The second kappa shape index (κ2) is 10.3. The molecule has 0 heterocycles. The van der Waals surface area contributed by atoms with Crippen LogP contribution >= 0.6 is 34.8 Å². The number of ether oxygens (including phenoxy) is 2. The summed E-state index contributed by atoms with van der Waals surface area (Å²) in [5, 5.41) is 5.08. The van der Waals surface area contributed by atoms with Gasteiger partial charge in [0, 0.05) is 27.8 Å². The summed E-state index contributed by atoms with van der Waals surface area (Å²) in [6.45, 7) is 7.48. The van der Waals surface area contributed by atoms with Crippen molar-refractivity contribution in [3.63, 3.8) is 0 Å². The lowest BCUT2D eigenvalue weighted by molar-refractivity contribution is 0.269. The molecule has 0 atom stereocenters. The van der Waals surface area contributed by atoms with E-state index in [0.29, 0.717) is 39.7 Å². The van der Waals surface area contributed by atoms with E-state index in [1.54, 1.807) is 12.1 Å². The second-order valence-electron chi connectivity index (χ2n) is 7.03. The molecule has 1 N–H and O–H groups in total. The van der Waals surface area contributed by atoms with Crippen LogP contribution in [0.15, 0.2) is 48.5 Å². The highest BCUT2D eigenvalue weighted by atomic mass is 35.5. The molecule has 30 heavy (non-hydrogen) atoms. The number of anilines is 1. The predicted octanol–water partition coefficient (Wildman–Crippen LogP) is 7.85. The van der Waals surface area contributed by atoms with E-state index in [9.17, 15) is 0 Å². The van der Waals surface area contributed by atoms with Gasteiger partial charge in [0.15, 0.2) is 11.5 Å². The standard InChI is InChI=1S/C24H24Cl3NO2/c1-4-29-23-11-17(13-28-22-8-5-15(2)9-16(22)3)10-21(27)24(23)30-14-18-6-7-19(25)12-20(18)26/h5-12,28H,4,13-14H2,1-3H3. The molecular formula is C24H24Cl3NO2. The van der Waals surface area contributed by atoms with Crippen LogP contribution in [0.3, 0.4) is 0 Å². The Hall–Kier alpha value is -2.07. The maximum Gasteiger partial charge on any atom is 0.180 e. The van der Waals surface area contributed by atoms with Crippen LogP contribution in [0.2, 0.25) is 15.1 Å². The molecule has 0 bridgehead atoms. The Labute approximate surface area is 192 Å². The third-order valence-electron chi connectivity index (χ3n) is 4.62. The molecule has 0 aliphatic rings. The van der Waals surface area contributed by atoms with E-state index in [1.165, 1.54) is 11.1 Å². The fourth-order valence-corrected chi connectivity index (χ4v) is 3.88. The average Bonchev–Trinajstić information content (AvgIpc) is 2.68. The van der Waals surface area contributed by atoms with Crippen molar-refractivity contribution in [2.24, 2.45) is 0 Å². The Morgan fingerprint density at radius 2 is 1.67 bits per heavy atom. The Bertz CT molecular complexity index is 1040. The van der Waals surface area contributed by atoms with E-state index in [4.69, 9.17) is 44.3 Å². The van der Waals surface area contributed by atoms with Gasteiger partial charge in [-0.25, -0.2) is 0 Å². The maximum absolute atomic E-state index is 6.55. The Morgan fingerprint density at radius 1 is 0.867 bits per heavy atom. The zero-order valence-electron chi connectivity index (χ0n) is 17.2. The first kappa shape index (κ1) is 22.6. The molecule has 0 saturated carbocycles. The van der Waals surface area contributed by atoms with Gasteiger partial charge in [-0.3, -0.25) is 0 Å².